The van der Waals surface area contributed by atoms with Crippen molar-refractivity contribution in [2.24, 2.45) is 0 Å². The van der Waals surface area contributed by atoms with Crippen LogP contribution in [0.4, 0.5) is 8.63 Å². The number of fused-ring (bicyclic) bond motifs is 2. The maximum atomic E-state index is 16.2. The minimum Gasteiger partial charge on any atom is -0.461 e. The van der Waals surface area contributed by atoms with Crippen molar-refractivity contribution in [1.82, 2.24) is 4.48 Å². The van der Waals surface area contributed by atoms with Crippen molar-refractivity contribution < 1.29 is 22.6 Å². The summed E-state index contributed by atoms with van der Waals surface area (Å²) in [6.45, 7) is 9.11. The van der Waals surface area contributed by atoms with Gasteiger partial charge < -0.3 is 22.3 Å². The largest absolute Gasteiger partial charge is 0.737 e. The van der Waals surface area contributed by atoms with Gasteiger partial charge in [0, 0.05) is 30.7 Å². The minimum atomic E-state index is -4.02. The third-order valence-electron chi connectivity index (χ3n) is 7.18. The number of allylic oxidation sites excluding steroid dienone is 2. The lowest BCUT2D eigenvalue weighted by molar-refractivity contribution is -0.363. The molecule has 0 saturated carbocycles. The fraction of sp³-hybridized carbons (Fsp3) is 0.385. The van der Waals surface area contributed by atoms with Crippen LogP contribution < -0.4 is 0 Å². The van der Waals surface area contributed by atoms with Crippen LogP contribution in [0, 0.1) is 13.8 Å². The van der Waals surface area contributed by atoms with Crippen LogP contribution in [-0.4, -0.2) is 27.6 Å². The zero-order valence-electron chi connectivity index (χ0n) is 20.5. The molecule has 0 fully saturated rings. The quantitative estimate of drug-likeness (QED) is 0.416. The highest BCUT2D eigenvalue weighted by molar-refractivity contribution is 6.58. The maximum Gasteiger partial charge on any atom is 0.737 e. The van der Waals surface area contributed by atoms with Crippen LogP contribution in [0.1, 0.15) is 74.7 Å². The minimum absolute atomic E-state index is 0.190. The Morgan fingerprint density at radius 2 is 1.70 bits per heavy atom. The summed E-state index contributed by atoms with van der Waals surface area (Å²) in [5.74, 6) is -0.336. The molecule has 4 nitrogen and oxygen atoms in total. The maximum absolute atomic E-state index is 16.2. The summed E-state index contributed by atoms with van der Waals surface area (Å²) in [4.78, 5) is 11.2. The van der Waals surface area contributed by atoms with E-state index in [9.17, 15) is 4.79 Å². The van der Waals surface area contributed by atoms with Crippen molar-refractivity contribution in [2.75, 3.05) is 0 Å². The number of ether oxygens (including phenoxy) is 1. The van der Waals surface area contributed by atoms with E-state index in [4.69, 9.17) is 4.74 Å². The third kappa shape index (κ3) is 3.32. The van der Waals surface area contributed by atoms with Gasteiger partial charge in [-0.2, -0.15) is 0 Å². The molecule has 3 heterocycles. The van der Waals surface area contributed by atoms with Crippen molar-refractivity contribution in [2.45, 2.75) is 67.9 Å². The Bertz CT molecular complexity index is 1260. The van der Waals surface area contributed by atoms with Crippen molar-refractivity contribution in [3.05, 3.63) is 74.8 Å². The number of esters is 1. The molecule has 7 heteroatoms. The van der Waals surface area contributed by atoms with Crippen molar-refractivity contribution in [1.29, 1.82) is 0 Å². The van der Waals surface area contributed by atoms with Crippen molar-refractivity contribution >= 4 is 24.2 Å². The molecular weight excluding hydrogens is 421 g/mol. The molecule has 0 atom stereocenters. The van der Waals surface area contributed by atoms with Gasteiger partial charge in [-0.05, 0) is 61.6 Å². The molecule has 174 valence electrons. The van der Waals surface area contributed by atoms with E-state index in [0.29, 0.717) is 35.6 Å². The number of carbonyl (C=O) groups excluding carboxylic acids is 1. The van der Waals surface area contributed by atoms with E-state index < -0.39 is 6.97 Å². The summed E-state index contributed by atoms with van der Waals surface area (Å²) >= 11 is 0. The summed E-state index contributed by atoms with van der Waals surface area (Å²) in [6, 6.07) is 7.69. The first-order valence-electron chi connectivity index (χ1n) is 11.6. The average Bonchev–Trinajstić information content (AvgIpc) is 3.17. The Morgan fingerprint density at radius 1 is 1.06 bits per heavy atom. The van der Waals surface area contributed by atoms with Crippen LogP contribution in [0.25, 0.3) is 5.57 Å². The highest BCUT2D eigenvalue weighted by atomic mass is 19.2. The van der Waals surface area contributed by atoms with E-state index >= 15 is 8.63 Å². The lowest BCUT2D eigenvalue weighted by Gasteiger charge is -2.34. The van der Waals surface area contributed by atoms with Gasteiger partial charge in [0.25, 0.3) is 0 Å². The predicted octanol–water partition coefficient (Wildman–Crippen LogP) is 5.94. The summed E-state index contributed by atoms with van der Waals surface area (Å²) in [5, 5.41) is 0. The van der Waals surface area contributed by atoms with Gasteiger partial charge in [-0.3, -0.25) is 4.79 Å². The second kappa shape index (κ2) is 8.12. The van der Waals surface area contributed by atoms with Gasteiger partial charge in [0.1, 0.15) is 12.3 Å². The standard InChI is InChI=1S/C26H31BF2N2O2/c1-8-22-15(3)25-24(21-12-10-20(11-13-21)14-33-19(7)32)26-16(4)23(9-2)18(6)31(26)27(28,29)30(25)17(22)5/h10-13H,8-9,14H2,1-7H3. The molecule has 0 unspecified atom stereocenters. The summed E-state index contributed by atoms with van der Waals surface area (Å²) in [6.07, 6.45) is 1.40. The first-order valence-corrected chi connectivity index (χ1v) is 11.6. The number of hydrogen-bond acceptors (Lipinski definition) is 2. The Kier molecular flexibility index (Phi) is 5.71. The third-order valence-corrected chi connectivity index (χ3v) is 7.18. The molecule has 33 heavy (non-hydrogen) atoms. The zero-order chi connectivity index (χ0) is 24.2. The summed E-state index contributed by atoms with van der Waals surface area (Å²) in [5.41, 5.74) is 8.84. The normalized spacial score (nSPS) is 17.0. The average molecular weight is 452 g/mol. The highest BCUT2D eigenvalue weighted by Gasteiger charge is 2.56. The van der Waals surface area contributed by atoms with Crippen LogP contribution in [0.15, 0.2) is 41.1 Å². The highest BCUT2D eigenvalue weighted by Crippen LogP contribution is 2.47. The van der Waals surface area contributed by atoms with Crippen molar-refractivity contribution in [3.8, 4) is 0 Å². The summed E-state index contributed by atoms with van der Waals surface area (Å²) < 4.78 is 40.1. The molecule has 0 saturated heterocycles. The van der Waals surface area contributed by atoms with E-state index in [2.05, 4.69) is 0 Å². The van der Waals surface area contributed by atoms with E-state index in [-0.39, 0.29) is 12.6 Å². The van der Waals surface area contributed by atoms with Crippen LogP contribution >= 0.6 is 0 Å². The Balaban J connectivity index is 2.04. The van der Waals surface area contributed by atoms with Gasteiger partial charge >= 0.3 is 12.9 Å². The van der Waals surface area contributed by atoms with E-state index in [0.717, 1.165) is 39.0 Å². The molecule has 0 bridgehead atoms. The van der Waals surface area contributed by atoms with Crippen LogP contribution in [0.5, 0.6) is 0 Å². The monoisotopic (exact) mass is 452 g/mol. The molecule has 1 aromatic carbocycles. The fourth-order valence-corrected chi connectivity index (χ4v) is 5.70. The molecule has 2 aromatic rings. The molecule has 2 aliphatic heterocycles. The number of aromatic nitrogens is 1. The molecule has 1 aromatic heterocycles. The lowest BCUT2D eigenvalue weighted by Crippen LogP contribution is -2.51. The second-order valence-electron chi connectivity index (χ2n) is 8.96. The molecule has 2 aliphatic rings. The smallest absolute Gasteiger partial charge is 0.461 e. The number of nitrogens with zero attached hydrogens (tertiary/aromatic N) is 2. The predicted molar refractivity (Wildman–Crippen MR) is 129 cm³/mol. The molecular formula is C26H31BF2N2O2. The molecule has 0 amide bonds. The lowest BCUT2D eigenvalue weighted by atomic mass is 9.83. The van der Waals surface area contributed by atoms with Gasteiger partial charge in [-0.1, -0.05) is 38.1 Å². The first-order chi connectivity index (χ1) is 15.6. The second-order valence-corrected chi connectivity index (χ2v) is 8.96. The zero-order valence-corrected chi connectivity index (χ0v) is 20.5. The Morgan fingerprint density at radius 3 is 2.24 bits per heavy atom. The van der Waals surface area contributed by atoms with Gasteiger partial charge in [-0.15, -0.1) is 0 Å². The number of hydrogen-bond donors (Lipinski definition) is 0. The van der Waals surface area contributed by atoms with Gasteiger partial charge in [0.15, 0.2) is 5.70 Å². The number of benzene rings is 1. The van der Waals surface area contributed by atoms with Crippen LogP contribution in [0.2, 0.25) is 0 Å². The summed E-state index contributed by atoms with van der Waals surface area (Å²) in [7, 11) is 0. The van der Waals surface area contributed by atoms with Crippen LogP contribution in [-0.2, 0) is 22.6 Å². The molecule has 4 rings (SSSR count). The first kappa shape index (κ1) is 23.2. The van der Waals surface area contributed by atoms with Crippen LogP contribution in [0.3, 0.4) is 0 Å². The fourth-order valence-electron chi connectivity index (χ4n) is 5.70. The SMILES string of the molecule is CCC1=C(C)C2=C(c3ccc(COC(C)=O)cc3)c3c(C)c(CC)c(C)n3[B-](F)(F)[N+]2=C1C. The topological polar surface area (TPSA) is 34.2 Å². The Labute approximate surface area is 194 Å². The molecule has 0 N–H and O–H groups in total. The number of carbonyl (C=O) groups is 1. The Hall–Kier alpha value is -2.96. The van der Waals surface area contributed by atoms with Crippen molar-refractivity contribution in [3.63, 3.8) is 0 Å². The van der Waals surface area contributed by atoms with E-state index in [1.54, 1.807) is 0 Å². The van der Waals surface area contributed by atoms with E-state index in [1.165, 1.54) is 15.9 Å². The molecule has 0 spiro atoms. The van der Waals surface area contributed by atoms with E-state index in [1.807, 2.05) is 65.8 Å². The molecule has 0 radical (unpaired) electrons. The number of halogens is 2. The van der Waals surface area contributed by atoms with Gasteiger partial charge in [0.2, 0.25) is 0 Å². The van der Waals surface area contributed by atoms with Gasteiger partial charge in [-0.25, -0.2) is 0 Å². The van der Waals surface area contributed by atoms with Gasteiger partial charge in [0.05, 0.1) is 5.57 Å². The number of rotatable bonds is 5. The molecule has 0 aliphatic carbocycles.